The van der Waals surface area contributed by atoms with Crippen molar-refractivity contribution in [2.45, 2.75) is 19.3 Å². The molecule has 0 unspecified atom stereocenters. The number of carbonyl (C=O) groups excluding carboxylic acids is 1. The van der Waals surface area contributed by atoms with Gasteiger partial charge in [-0.1, -0.05) is 22.7 Å². The molecule has 2 heterocycles. The predicted octanol–water partition coefficient (Wildman–Crippen LogP) is 4.85. The molecule has 2 aromatic rings. The van der Waals surface area contributed by atoms with Crippen molar-refractivity contribution in [2.75, 3.05) is 0 Å². The van der Waals surface area contributed by atoms with Gasteiger partial charge in [-0.2, -0.15) is 0 Å². The zero-order valence-corrected chi connectivity index (χ0v) is 14.5. The van der Waals surface area contributed by atoms with Crippen molar-refractivity contribution < 1.29 is 14.6 Å². The Morgan fingerprint density at radius 3 is 1.64 bits per heavy atom. The Balaban J connectivity index is 1.84. The minimum absolute atomic E-state index is 0.0387. The molecule has 1 aliphatic carbocycles. The summed E-state index contributed by atoms with van der Waals surface area (Å²) in [7, 11) is 0. The molecule has 0 atom stereocenters. The van der Waals surface area contributed by atoms with E-state index in [1.807, 2.05) is 0 Å². The Morgan fingerprint density at radius 2 is 1.28 bits per heavy atom. The number of rotatable bonds is 4. The van der Waals surface area contributed by atoms with Crippen molar-refractivity contribution in [1.29, 1.82) is 0 Å². The second-order valence-electron chi connectivity index (χ2n) is 5.39. The van der Waals surface area contributed by atoms with E-state index in [1.54, 1.807) is 24.3 Å². The number of thiophene rings is 2. The van der Waals surface area contributed by atoms with Gasteiger partial charge in [0.05, 0.1) is 9.85 Å². The normalized spacial score (nSPS) is 18.0. The van der Waals surface area contributed by atoms with E-state index in [4.69, 9.17) is 0 Å². The van der Waals surface area contributed by atoms with Crippen LogP contribution in [0.5, 0.6) is 0 Å². The van der Waals surface area contributed by atoms with Crippen molar-refractivity contribution >= 4 is 50.6 Å². The van der Waals surface area contributed by atoms with Gasteiger partial charge >= 0.3 is 10.0 Å². The Kier molecular flexibility index (Phi) is 4.86. The fourth-order valence-electron chi connectivity index (χ4n) is 2.56. The van der Waals surface area contributed by atoms with E-state index in [-0.39, 0.29) is 15.8 Å². The van der Waals surface area contributed by atoms with Gasteiger partial charge in [0, 0.05) is 33.0 Å². The van der Waals surface area contributed by atoms with Gasteiger partial charge in [-0.05, 0) is 43.5 Å². The summed E-state index contributed by atoms with van der Waals surface area (Å²) in [5.74, 6) is -0.0987. The monoisotopic (exact) mass is 376 g/mol. The molecule has 0 spiro atoms. The van der Waals surface area contributed by atoms with E-state index < -0.39 is 9.85 Å². The molecule has 1 fully saturated rings. The van der Waals surface area contributed by atoms with E-state index in [0.717, 1.165) is 29.1 Å². The molecule has 0 aliphatic heterocycles. The molecule has 9 heteroatoms. The first-order valence-corrected chi connectivity index (χ1v) is 9.01. The van der Waals surface area contributed by atoms with E-state index in [9.17, 15) is 25.0 Å². The van der Waals surface area contributed by atoms with Gasteiger partial charge < -0.3 is 0 Å². The lowest BCUT2D eigenvalue weighted by Crippen LogP contribution is -2.12. The average molecular weight is 376 g/mol. The summed E-state index contributed by atoms with van der Waals surface area (Å²) < 4.78 is 0. The minimum Gasteiger partial charge on any atom is -0.289 e. The third-order valence-corrected chi connectivity index (χ3v) is 5.66. The summed E-state index contributed by atoms with van der Waals surface area (Å²) in [6.07, 6.45) is 5.43. The third kappa shape index (κ3) is 3.89. The number of ketones is 1. The van der Waals surface area contributed by atoms with Crippen LogP contribution >= 0.6 is 22.7 Å². The second-order valence-corrected chi connectivity index (χ2v) is 7.58. The number of carbonyl (C=O) groups is 1. The topological polar surface area (TPSA) is 103 Å². The largest absolute Gasteiger partial charge is 0.324 e. The highest BCUT2D eigenvalue weighted by atomic mass is 32.1. The molecule has 0 radical (unpaired) electrons. The SMILES string of the molecule is O=C1C(=Cc2ccc([N+](=O)[O-])s2)CCCC1=Cc1ccc([N+](=O)[O-])s1. The molecule has 1 aliphatic rings. The van der Waals surface area contributed by atoms with Crippen molar-refractivity contribution in [1.82, 2.24) is 0 Å². The summed E-state index contributed by atoms with van der Waals surface area (Å²) in [5.41, 5.74) is 1.22. The van der Waals surface area contributed by atoms with E-state index >= 15 is 0 Å². The summed E-state index contributed by atoms with van der Waals surface area (Å²) in [4.78, 5) is 34.5. The molecule has 7 nitrogen and oxygen atoms in total. The summed E-state index contributed by atoms with van der Waals surface area (Å²) in [5, 5.41) is 21.6. The third-order valence-electron chi connectivity index (χ3n) is 3.69. The van der Waals surface area contributed by atoms with Crippen LogP contribution in [0.15, 0.2) is 35.4 Å². The molecule has 3 rings (SSSR count). The van der Waals surface area contributed by atoms with Gasteiger partial charge in [0.25, 0.3) is 0 Å². The van der Waals surface area contributed by atoms with Crippen LogP contribution in [-0.2, 0) is 4.79 Å². The summed E-state index contributed by atoms with van der Waals surface area (Å²) >= 11 is 2.06. The fraction of sp³-hybridized carbons (Fsp3) is 0.188. The Hall–Kier alpha value is -2.65. The highest BCUT2D eigenvalue weighted by molar-refractivity contribution is 7.16. The van der Waals surface area contributed by atoms with Gasteiger partial charge in [-0.25, -0.2) is 0 Å². The van der Waals surface area contributed by atoms with E-state index in [2.05, 4.69) is 0 Å². The van der Waals surface area contributed by atoms with E-state index in [1.165, 1.54) is 12.1 Å². The van der Waals surface area contributed by atoms with Crippen LogP contribution in [0.1, 0.15) is 29.0 Å². The van der Waals surface area contributed by atoms with Crippen LogP contribution in [0.3, 0.4) is 0 Å². The fourth-order valence-corrected chi connectivity index (χ4v) is 4.14. The molecule has 128 valence electrons. The second kappa shape index (κ2) is 7.08. The van der Waals surface area contributed by atoms with Crippen LogP contribution in [0.4, 0.5) is 10.0 Å². The molecule has 0 saturated heterocycles. The molecule has 0 aromatic carbocycles. The van der Waals surface area contributed by atoms with E-state index in [0.29, 0.717) is 33.7 Å². The molecular formula is C16H12N2O5S2. The standard InChI is InChI=1S/C16H12N2O5S2/c19-16-10(8-12-4-6-14(24-12)17(20)21)2-1-3-11(16)9-13-5-7-15(25-13)18(22)23/h4-9H,1-3H2. The van der Waals surface area contributed by atoms with Gasteiger partial charge in [0.15, 0.2) is 5.78 Å². The number of nitro groups is 2. The lowest BCUT2D eigenvalue weighted by Gasteiger charge is -2.15. The van der Waals surface area contributed by atoms with Gasteiger partial charge in [-0.3, -0.25) is 25.0 Å². The number of allylic oxidation sites excluding steroid dienone is 2. The Bertz CT molecular complexity index is 850. The molecule has 0 N–H and O–H groups in total. The molecule has 2 aromatic heterocycles. The first kappa shape index (κ1) is 17.2. The number of nitrogens with zero attached hydrogens (tertiary/aromatic N) is 2. The van der Waals surface area contributed by atoms with Crippen LogP contribution in [0, 0.1) is 20.2 Å². The van der Waals surface area contributed by atoms with Crippen molar-refractivity contribution in [3.05, 3.63) is 65.4 Å². The Morgan fingerprint density at radius 1 is 0.840 bits per heavy atom. The molecular weight excluding hydrogens is 364 g/mol. The maximum absolute atomic E-state index is 12.6. The number of hydrogen-bond donors (Lipinski definition) is 0. The lowest BCUT2D eigenvalue weighted by molar-refractivity contribution is -0.380. The van der Waals surface area contributed by atoms with Crippen LogP contribution in [0.2, 0.25) is 0 Å². The molecule has 0 amide bonds. The summed E-state index contributed by atoms with van der Waals surface area (Å²) in [6.45, 7) is 0. The first-order chi connectivity index (χ1) is 11.9. The van der Waals surface area contributed by atoms with Crippen molar-refractivity contribution in [3.63, 3.8) is 0 Å². The maximum Gasteiger partial charge on any atom is 0.324 e. The quantitative estimate of drug-likeness (QED) is 0.431. The first-order valence-electron chi connectivity index (χ1n) is 7.38. The van der Waals surface area contributed by atoms with Crippen LogP contribution in [-0.4, -0.2) is 15.6 Å². The summed E-state index contributed by atoms with van der Waals surface area (Å²) in [6, 6.07) is 6.10. The molecule has 25 heavy (non-hydrogen) atoms. The average Bonchev–Trinajstić information content (AvgIpc) is 3.20. The zero-order valence-electron chi connectivity index (χ0n) is 12.8. The predicted molar refractivity (Wildman–Crippen MR) is 96.8 cm³/mol. The highest BCUT2D eigenvalue weighted by Gasteiger charge is 2.22. The molecule has 1 saturated carbocycles. The van der Waals surface area contributed by atoms with Crippen LogP contribution < -0.4 is 0 Å². The Labute approximate surface area is 150 Å². The van der Waals surface area contributed by atoms with Crippen molar-refractivity contribution in [2.24, 2.45) is 0 Å². The molecule has 0 bridgehead atoms. The maximum atomic E-state index is 12.6. The van der Waals surface area contributed by atoms with Gasteiger partial charge in [0.1, 0.15) is 0 Å². The highest BCUT2D eigenvalue weighted by Crippen LogP contribution is 2.33. The number of Topliss-reactive ketones (excluding diaryl/α,β-unsaturated/α-hetero) is 1. The van der Waals surface area contributed by atoms with Gasteiger partial charge in [0.2, 0.25) is 0 Å². The zero-order chi connectivity index (χ0) is 18.0. The lowest BCUT2D eigenvalue weighted by atomic mass is 9.88. The van der Waals surface area contributed by atoms with Gasteiger partial charge in [-0.15, -0.1) is 0 Å². The minimum atomic E-state index is -0.454. The van der Waals surface area contributed by atoms with Crippen LogP contribution in [0.25, 0.3) is 12.2 Å². The number of hydrogen-bond acceptors (Lipinski definition) is 7. The smallest absolute Gasteiger partial charge is 0.289 e. The van der Waals surface area contributed by atoms with Crippen molar-refractivity contribution in [3.8, 4) is 0 Å².